The maximum Gasteiger partial charge on any atom is 0.0971 e. The number of likely N-dealkylation sites (tertiary alicyclic amines) is 1. The lowest BCUT2D eigenvalue weighted by Gasteiger charge is -2.18. The molecule has 2 N–H and O–H groups in total. The van der Waals surface area contributed by atoms with E-state index in [-0.39, 0.29) is 18.2 Å². The summed E-state index contributed by atoms with van der Waals surface area (Å²) >= 11 is 5.99. The van der Waals surface area contributed by atoms with Gasteiger partial charge in [-0.15, -0.1) is 0 Å². The Balaban J connectivity index is 1.84. The van der Waals surface area contributed by atoms with Gasteiger partial charge in [-0.25, -0.2) is 0 Å². The second-order valence-corrected chi connectivity index (χ2v) is 5.69. The summed E-state index contributed by atoms with van der Waals surface area (Å²) in [6.45, 7) is 2.74. The van der Waals surface area contributed by atoms with Gasteiger partial charge in [0, 0.05) is 44.9 Å². The first-order valence-electron chi connectivity index (χ1n) is 6.93. The molecule has 0 bridgehead atoms. The van der Waals surface area contributed by atoms with E-state index in [2.05, 4.69) is 4.90 Å². The first kappa shape index (κ1) is 15.7. The summed E-state index contributed by atoms with van der Waals surface area (Å²) < 4.78 is 10.9. The Morgan fingerprint density at radius 1 is 1.30 bits per heavy atom. The fourth-order valence-electron chi connectivity index (χ4n) is 2.68. The van der Waals surface area contributed by atoms with Gasteiger partial charge in [0.25, 0.3) is 0 Å². The van der Waals surface area contributed by atoms with Crippen LogP contribution in [0.15, 0.2) is 24.3 Å². The maximum absolute atomic E-state index is 6.23. The van der Waals surface area contributed by atoms with Crippen molar-refractivity contribution in [1.29, 1.82) is 0 Å². The molecular formula is C15H23ClN2O2. The predicted octanol–water partition coefficient (Wildman–Crippen LogP) is 2.08. The summed E-state index contributed by atoms with van der Waals surface area (Å²) in [5, 5.41) is 0.734. The Morgan fingerprint density at radius 3 is 2.50 bits per heavy atom. The number of rotatable bonds is 6. The van der Waals surface area contributed by atoms with E-state index < -0.39 is 0 Å². The molecule has 0 aromatic heterocycles. The highest BCUT2D eigenvalue weighted by atomic mass is 35.5. The van der Waals surface area contributed by atoms with E-state index in [4.69, 9.17) is 26.8 Å². The van der Waals surface area contributed by atoms with E-state index in [0.717, 1.165) is 36.6 Å². The van der Waals surface area contributed by atoms with Crippen LogP contribution in [0.25, 0.3) is 0 Å². The monoisotopic (exact) mass is 298 g/mol. The topological polar surface area (TPSA) is 47.7 Å². The van der Waals surface area contributed by atoms with Crippen molar-refractivity contribution in [3.63, 3.8) is 0 Å². The highest BCUT2D eigenvalue weighted by Gasteiger charge is 2.32. The third-order valence-electron chi connectivity index (χ3n) is 3.93. The molecule has 1 heterocycles. The molecule has 2 rings (SSSR count). The van der Waals surface area contributed by atoms with Gasteiger partial charge in [-0.3, -0.25) is 4.90 Å². The minimum absolute atomic E-state index is 0.0105. The summed E-state index contributed by atoms with van der Waals surface area (Å²) in [4.78, 5) is 2.34. The van der Waals surface area contributed by atoms with Crippen molar-refractivity contribution in [3.05, 3.63) is 34.9 Å². The molecule has 1 fully saturated rings. The number of halogens is 1. The second kappa shape index (κ2) is 7.38. The number of nitrogens with two attached hydrogens (primary N) is 1. The van der Waals surface area contributed by atoms with Gasteiger partial charge in [-0.05, 0) is 24.1 Å². The lowest BCUT2D eigenvalue weighted by molar-refractivity contribution is -0.00461. The van der Waals surface area contributed by atoms with Crippen molar-refractivity contribution in [2.75, 3.05) is 33.9 Å². The Hall–Kier alpha value is -0.650. The van der Waals surface area contributed by atoms with E-state index in [1.807, 2.05) is 24.3 Å². The van der Waals surface area contributed by atoms with Crippen LogP contribution < -0.4 is 5.73 Å². The van der Waals surface area contributed by atoms with Crippen LogP contribution in [0.2, 0.25) is 5.02 Å². The number of benzene rings is 1. The molecule has 1 aliphatic rings. The SMILES string of the molecule is COC1CN(CCC(N)c2cccc(Cl)c2)CC1OC. The highest BCUT2D eigenvalue weighted by Crippen LogP contribution is 2.21. The van der Waals surface area contributed by atoms with Gasteiger partial charge in [0.15, 0.2) is 0 Å². The Labute approximate surface area is 125 Å². The average Bonchev–Trinajstić information content (AvgIpc) is 2.87. The van der Waals surface area contributed by atoms with E-state index in [0.29, 0.717) is 0 Å². The fraction of sp³-hybridized carbons (Fsp3) is 0.600. The normalized spacial score (nSPS) is 25.0. The molecule has 0 saturated carbocycles. The molecule has 112 valence electrons. The number of hydrogen-bond donors (Lipinski definition) is 1. The van der Waals surface area contributed by atoms with Crippen LogP contribution in [0.1, 0.15) is 18.0 Å². The van der Waals surface area contributed by atoms with Crippen molar-refractivity contribution >= 4 is 11.6 Å². The molecule has 1 aliphatic heterocycles. The van der Waals surface area contributed by atoms with Crippen LogP contribution in [-0.4, -0.2) is 51.0 Å². The fourth-order valence-corrected chi connectivity index (χ4v) is 2.88. The van der Waals surface area contributed by atoms with E-state index >= 15 is 0 Å². The summed E-state index contributed by atoms with van der Waals surface area (Å²) in [5.41, 5.74) is 7.31. The van der Waals surface area contributed by atoms with Gasteiger partial charge in [-0.2, -0.15) is 0 Å². The smallest absolute Gasteiger partial charge is 0.0971 e. The summed E-state index contributed by atoms with van der Waals surface area (Å²) in [7, 11) is 3.47. The molecule has 0 radical (unpaired) electrons. The molecule has 1 aromatic carbocycles. The standard InChI is InChI=1S/C15H23ClN2O2/c1-19-14-9-18(10-15(14)20-2)7-6-13(17)11-4-3-5-12(16)8-11/h3-5,8,13-15H,6-7,9-10,17H2,1-2H3. The average molecular weight is 299 g/mol. The van der Waals surface area contributed by atoms with Crippen molar-refractivity contribution in [1.82, 2.24) is 4.90 Å². The summed E-state index contributed by atoms with van der Waals surface area (Å²) in [6.07, 6.45) is 1.21. The molecule has 3 unspecified atom stereocenters. The molecular weight excluding hydrogens is 276 g/mol. The molecule has 20 heavy (non-hydrogen) atoms. The van der Waals surface area contributed by atoms with Gasteiger partial charge in [0.1, 0.15) is 0 Å². The molecule has 4 nitrogen and oxygen atoms in total. The Morgan fingerprint density at radius 2 is 1.95 bits per heavy atom. The number of nitrogens with zero attached hydrogens (tertiary/aromatic N) is 1. The van der Waals surface area contributed by atoms with Crippen LogP contribution >= 0.6 is 11.6 Å². The molecule has 1 saturated heterocycles. The van der Waals surface area contributed by atoms with E-state index in [1.165, 1.54) is 0 Å². The zero-order valence-corrected chi connectivity index (χ0v) is 12.8. The zero-order valence-electron chi connectivity index (χ0n) is 12.1. The predicted molar refractivity (Wildman–Crippen MR) is 81.0 cm³/mol. The van der Waals surface area contributed by atoms with Crippen molar-refractivity contribution in [2.24, 2.45) is 5.73 Å². The van der Waals surface area contributed by atoms with Crippen LogP contribution in [0.3, 0.4) is 0 Å². The third-order valence-corrected chi connectivity index (χ3v) is 4.16. The Kier molecular flexibility index (Phi) is 5.81. The van der Waals surface area contributed by atoms with Crippen molar-refractivity contribution < 1.29 is 9.47 Å². The number of ether oxygens (including phenoxy) is 2. The van der Waals surface area contributed by atoms with E-state index in [9.17, 15) is 0 Å². The van der Waals surface area contributed by atoms with Gasteiger partial charge in [-0.1, -0.05) is 23.7 Å². The molecule has 5 heteroatoms. The van der Waals surface area contributed by atoms with Crippen molar-refractivity contribution in [2.45, 2.75) is 24.7 Å². The molecule has 3 atom stereocenters. The van der Waals surface area contributed by atoms with Gasteiger partial charge in [0.05, 0.1) is 12.2 Å². The van der Waals surface area contributed by atoms with Gasteiger partial charge in [0.2, 0.25) is 0 Å². The van der Waals surface area contributed by atoms with Crippen LogP contribution in [0.4, 0.5) is 0 Å². The van der Waals surface area contributed by atoms with Crippen LogP contribution in [0.5, 0.6) is 0 Å². The van der Waals surface area contributed by atoms with Crippen LogP contribution in [-0.2, 0) is 9.47 Å². The second-order valence-electron chi connectivity index (χ2n) is 5.26. The van der Waals surface area contributed by atoms with Crippen molar-refractivity contribution in [3.8, 4) is 0 Å². The highest BCUT2D eigenvalue weighted by molar-refractivity contribution is 6.30. The third kappa shape index (κ3) is 3.93. The largest absolute Gasteiger partial charge is 0.377 e. The molecule has 0 aliphatic carbocycles. The molecule has 1 aromatic rings. The molecule has 0 spiro atoms. The minimum Gasteiger partial charge on any atom is -0.377 e. The Bertz CT molecular complexity index is 418. The maximum atomic E-state index is 6.23. The minimum atomic E-state index is 0.0105. The first-order valence-corrected chi connectivity index (χ1v) is 7.30. The number of methoxy groups -OCH3 is 2. The summed E-state index contributed by atoms with van der Waals surface area (Å²) in [5.74, 6) is 0. The lowest BCUT2D eigenvalue weighted by atomic mass is 10.0. The van der Waals surface area contributed by atoms with Crippen LogP contribution in [0, 0.1) is 0 Å². The molecule has 0 amide bonds. The quantitative estimate of drug-likeness (QED) is 0.873. The van der Waals surface area contributed by atoms with E-state index in [1.54, 1.807) is 14.2 Å². The first-order chi connectivity index (χ1) is 9.63. The zero-order chi connectivity index (χ0) is 14.5. The van der Waals surface area contributed by atoms with Gasteiger partial charge < -0.3 is 15.2 Å². The summed E-state index contributed by atoms with van der Waals surface area (Å²) in [6, 6.07) is 7.78. The number of hydrogen-bond acceptors (Lipinski definition) is 4. The lowest BCUT2D eigenvalue weighted by Crippen LogP contribution is -2.27. The van der Waals surface area contributed by atoms with Gasteiger partial charge >= 0.3 is 0 Å².